The third-order valence-electron chi connectivity index (χ3n) is 8.33. The number of aliphatic carboxylic acids is 1. The topological polar surface area (TPSA) is 103 Å². The van der Waals surface area contributed by atoms with Crippen LogP contribution >= 0.6 is 0 Å². The van der Waals surface area contributed by atoms with Crippen LogP contribution in [0.25, 0.3) is 0 Å². The number of phenolic OH excluding ortho intramolecular Hbond substituents is 1. The number of phenols is 1. The van der Waals surface area contributed by atoms with Gasteiger partial charge in [0.2, 0.25) is 0 Å². The number of carboxylic acid groups (broad SMARTS) is 1. The van der Waals surface area contributed by atoms with Crippen LogP contribution in [0.2, 0.25) is 0 Å². The lowest BCUT2D eigenvalue weighted by atomic mass is 9.91. The standard InChI is InChI=1S/C35H43N3O5/c1-35(2,3)23-38(32-9-4-5-16-36-32)34(42)29-13-12-27(39)20-31(29)37-17-14-24(15-18-37)22-43-28-8-6-7-26(19-28)30(21-33(40)41)25-10-11-25/h4-9,12-13,16,19-20,24-25,30,39H,10-11,14-15,17-18,21-23H2,1-3H3,(H,40,41). The maximum absolute atomic E-state index is 14.0. The Hall–Kier alpha value is -4.07. The van der Waals surface area contributed by atoms with Crippen molar-refractivity contribution in [2.75, 3.05) is 36.0 Å². The van der Waals surface area contributed by atoms with Crippen molar-refractivity contribution in [1.82, 2.24) is 4.98 Å². The van der Waals surface area contributed by atoms with Crippen LogP contribution in [-0.2, 0) is 4.79 Å². The first kappa shape index (κ1) is 30.4. The van der Waals surface area contributed by atoms with Crippen LogP contribution in [0.3, 0.4) is 0 Å². The van der Waals surface area contributed by atoms with Gasteiger partial charge in [-0.1, -0.05) is 39.0 Å². The number of carbonyl (C=O) groups is 2. The zero-order valence-corrected chi connectivity index (χ0v) is 25.4. The Morgan fingerprint density at radius 3 is 2.44 bits per heavy atom. The van der Waals surface area contributed by atoms with Crippen molar-refractivity contribution in [3.63, 3.8) is 0 Å². The minimum absolute atomic E-state index is 0.0421. The first-order valence-electron chi connectivity index (χ1n) is 15.3. The molecule has 43 heavy (non-hydrogen) atoms. The molecule has 1 amide bonds. The molecule has 0 radical (unpaired) electrons. The molecular weight excluding hydrogens is 542 g/mol. The molecule has 2 N–H and O–H groups in total. The summed E-state index contributed by atoms with van der Waals surface area (Å²) in [6.45, 7) is 8.85. The molecule has 5 rings (SSSR count). The Kier molecular flexibility index (Phi) is 9.23. The van der Waals surface area contributed by atoms with Crippen LogP contribution < -0.4 is 14.5 Å². The number of hydrogen-bond donors (Lipinski definition) is 2. The number of aromatic hydroxyl groups is 1. The summed E-state index contributed by atoms with van der Waals surface area (Å²) in [5.74, 6) is 1.46. The summed E-state index contributed by atoms with van der Waals surface area (Å²) in [5, 5.41) is 19.8. The Balaban J connectivity index is 1.24. The van der Waals surface area contributed by atoms with Crippen molar-refractivity contribution >= 4 is 23.4 Å². The van der Waals surface area contributed by atoms with Gasteiger partial charge in [0.25, 0.3) is 5.91 Å². The average Bonchev–Trinajstić information content (AvgIpc) is 3.83. The second kappa shape index (κ2) is 13.1. The highest BCUT2D eigenvalue weighted by Crippen LogP contribution is 2.45. The van der Waals surface area contributed by atoms with Gasteiger partial charge < -0.3 is 19.8 Å². The molecule has 1 saturated heterocycles. The minimum Gasteiger partial charge on any atom is -0.508 e. The number of piperidine rings is 1. The molecule has 2 heterocycles. The number of rotatable bonds is 11. The smallest absolute Gasteiger partial charge is 0.303 e. The summed E-state index contributed by atoms with van der Waals surface area (Å²) in [5.41, 5.74) is 2.18. The Morgan fingerprint density at radius 2 is 1.79 bits per heavy atom. The maximum atomic E-state index is 14.0. The second-order valence-corrected chi connectivity index (χ2v) is 13.2. The molecule has 0 spiro atoms. The summed E-state index contributed by atoms with van der Waals surface area (Å²) in [7, 11) is 0. The molecule has 1 aliphatic heterocycles. The van der Waals surface area contributed by atoms with Crippen molar-refractivity contribution in [3.8, 4) is 11.5 Å². The SMILES string of the molecule is CC(C)(C)CN(C(=O)c1ccc(O)cc1N1CCC(COc2cccc(C(CC(=O)O)C3CC3)c2)CC1)c1ccccn1. The van der Waals surface area contributed by atoms with Gasteiger partial charge in [-0.25, -0.2) is 4.98 Å². The molecule has 3 aromatic rings. The van der Waals surface area contributed by atoms with Gasteiger partial charge >= 0.3 is 5.97 Å². The van der Waals surface area contributed by atoms with Crippen LogP contribution in [0, 0.1) is 17.3 Å². The highest BCUT2D eigenvalue weighted by molar-refractivity contribution is 6.09. The molecule has 0 bridgehead atoms. The number of carbonyl (C=O) groups excluding carboxylic acids is 1. The zero-order valence-electron chi connectivity index (χ0n) is 25.4. The van der Waals surface area contributed by atoms with Gasteiger partial charge in [-0.3, -0.25) is 14.5 Å². The quantitative estimate of drug-likeness (QED) is 0.257. The molecule has 2 aliphatic rings. The lowest BCUT2D eigenvalue weighted by Crippen LogP contribution is -2.40. The minimum atomic E-state index is -0.759. The van der Waals surface area contributed by atoms with E-state index in [0.29, 0.717) is 36.4 Å². The lowest BCUT2D eigenvalue weighted by molar-refractivity contribution is -0.137. The second-order valence-electron chi connectivity index (χ2n) is 13.2. The summed E-state index contributed by atoms with van der Waals surface area (Å²) in [6.07, 6.45) is 5.80. The Bertz CT molecular complexity index is 1410. The molecular formula is C35H43N3O5. The zero-order chi connectivity index (χ0) is 30.6. The summed E-state index contributed by atoms with van der Waals surface area (Å²) in [4.78, 5) is 33.8. The van der Waals surface area contributed by atoms with E-state index in [2.05, 4.69) is 30.7 Å². The fourth-order valence-electron chi connectivity index (χ4n) is 5.99. The fraction of sp³-hybridized carbons (Fsp3) is 0.457. The predicted molar refractivity (Wildman–Crippen MR) is 168 cm³/mol. The molecule has 2 fully saturated rings. The van der Waals surface area contributed by atoms with Crippen molar-refractivity contribution in [2.24, 2.45) is 17.3 Å². The van der Waals surface area contributed by atoms with Crippen LogP contribution in [0.1, 0.15) is 74.7 Å². The highest BCUT2D eigenvalue weighted by Gasteiger charge is 2.34. The fourth-order valence-corrected chi connectivity index (χ4v) is 5.99. The van der Waals surface area contributed by atoms with E-state index in [0.717, 1.165) is 55.8 Å². The van der Waals surface area contributed by atoms with Gasteiger partial charge in [-0.15, -0.1) is 0 Å². The number of ether oxygens (including phenoxy) is 1. The van der Waals surface area contributed by atoms with Gasteiger partial charge in [-0.05, 0) is 90.8 Å². The Morgan fingerprint density at radius 1 is 1.02 bits per heavy atom. The normalized spacial score (nSPS) is 16.5. The number of benzene rings is 2. The monoisotopic (exact) mass is 585 g/mol. The van der Waals surface area contributed by atoms with Gasteiger partial charge in [-0.2, -0.15) is 0 Å². The number of hydrogen-bond acceptors (Lipinski definition) is 6. The van der Waals surface area contributed by atoms with Crippen LogP contribution in [0.4, 0.5) is 11.5 Å². The number of pyridine rings is 1. The number of amides is 1. The van der Waals surface area contributed by atoms with Gasteiger partial charge in [0.15, 0.2) is 0 Å². The summed E-state index contributed by atoms with van der Waals surface area (Å²) in [6, 6.07) is 18.5. The molecule has 1 atom stereocenters. The molecule has 1 saturated carbocycles. The van der Waals surface area contributed by atoms with E-state index < -0.39 is 5.97 Å². The molecule has 1 aliphatic carbocycles. The van der Waals surface area contributed by atoms with E-state index in [1.807, 2.05) is 42.5 Å². The Labute approximate surface area is 254 Å². The van der Waals surface area contributed by atoms with Crippen molar-refractivity contribution < 1.29 is 24.5 Å². The molecule has 1 aromatic heterocycles. The lowest BCUT2D eigenvalue weighted by Gasteiger charge is -2.35. The first-order chi connectivity index (χ1) is 20.6. The summed E-state index contributed by atoms with van der Waals surface area (Å²) >= 11 is 0. The third kappa shape index (κ3) is 8.06. The number of carboxylic acids is 1. The highest BCUT2D eigenvalue weighted by atomic mass is 16.5. The van der Waals surface area contributed by atoms with Crippen molar-refractivity contribution in [2.45, 2.75) is 58.8 Å². The predicted octanol–water partition coefficient (Wildman–Crippen LogP) is 6.74. The van der Waals surface area contributed by atoms with Crippen molar-refractivity contribution in [1.29, 1.82) is 0 Å². The van der Waals surface area contributed by atoms with Gasteiger partial charge in [0, 0.05) is 31.9 Å². The van der Waals surface area contributed by atoms with E-state index in [4.69, 9.17) is 4.74 Å². The van der Waals surface area contributed by atoms with E-state index in [1.165, 1.54) is 0 Å². The number of aromatic nitrogens is 1. The van der Waals surface area contributed by atoms with E-state index >= 15 is 0 Å². The van der Waals surface area contributed by atoms with Crippen LogP contribution in [0.5, 0.6) is 11.5 Å². The molecule has 8 heteroatoms. The van der Waals surface area contributed by atoms with E-state index in [9.17, 15) is 19.8 Å². The summed E-state index contributed by atoms with van der Waals surface area (Å²) < 4.78 is 6.22. The van der Waals surface area contributed by atoms with Gasteiger partial charge in [0.1, 0.15) is 17.3 Å². The van der Waals surface area contributed by atoms with E-state index in [1.54, 1.807) is 29.3 Å². The molecule has 1 unspecified atom stereocenters. The number of nitrogens with zero attached hydrogens (tertiary/aromatic N) is 3. The average molecular weight is 586 g/mol. The molecule has 228 valence electrons. The third-order valence-corrected chi connectivity index (χ3v) is 8.33. The maximum Gasteiger partial charge on any atom is 0.303 e. The first-order valence-corrected chi connectivity index (χ1v) is 15.3. The van der Waals surface area contributed by atoms with E-state index in [-0.39, 0.29) is 29.4 Å². The molecule has 8 nitrogen and oxygen atoms in total. The van der Waals surface area contributed by atoms with Crippen LogP contribution in [-0.4, -0.2) is 53.3 Å². The number of anilines is 2. The van der Waals surface area contributed by atoms with Gasteiger partial charge in [0.05, 0.1) is 24.3 Å². The van der Waals surface area contributed by atoms with Crippen LogP contribution in [0.15, 0.2) is 66.9 Å². The van der Waals surface area contributed by atoms with Crippen molar-refractivity contribution in [3.05, 3.63) is 78.0 Å². The molecule has 2 aromatic carbocycles. The largest absolute Gasteiger partial charge is 0.508 e.